The molecule has 1 aromatic carbocycles. The Bertz CT molecular complexity index is 855. The molecule has 2 atom stereocenters. The molecule has 0 aliphatic heterocycles. The molecule has 0 radical (unpaired) electrons. The molecule has 0 saturated carbocycles. The number of rotatable bonds is 7. The number of ketones is 1. The first-order valence-corrected chi connectivity index (χ1v) is 18.1. The second kappa shape index (κ2) is 10.3. The minimum absolute atomic E-state index is 0.0867. The Labute approximate surface area is 204 Å². The van der Waals surface area contributed by atoms with E-state index in [4.69, 9.17) is 8.85 Å². The Morgan fingerprint density at radius 2 is 1.52 bits per heavy atom. The number of hydrogen-bond acceptors (Lipinski definition) is 3. The van der Waals surface area contributed by atoms with Crippen LogP contribution in [0.1, 0.15) is 59.9 Å². The first-order chi connectivity index (χ1) is 15.0. The molecule has 1 aromatic rings. The van der Waals surface area contributed by atoms with Gasteiger partial charge in [0.1, 0.15) is 5.78 Å². The van der Waals surface area contributed by atoms with E-state index in [1.165, 1.54) is 5.56 Å². The fourth-order valence-electron chi connectivity index (χ4n) is 3.47. The maximum atomic E-state index is 13.0. The van der Waals surface area contributed by atoms with Crippen molar-refractivity contribution in [1.29, 1.82) is 0 Å². The van der Waals surface area contributed by atoms with Crippen molar-refractivity contribution in [2.24, 2.45) is 11.8 Å². The zero-order valence-electron chi connectivity index (χ0n) is 22.6. The molecule has 5 heteroatoms. The summed E-state index contributed by atoms with van der Waals surface area (Å²) >= 11 is 0. The Kier molecular flexibility index (Phi) is 8.67. The molecule has 0 amide bonds. The molecule has 0 spiro atoms. The topological polar surface area (TPSA) is 35.5 Å². The summed E-state index contributed by atoms with van der Waals surface area (Å²) in [5.74, 6) is 1.41. The lowest BCUT2D eigenvalue weighted by Gasteiger charge is -2.37. The third-order valence-electron chi connectivity index (χ3n) is 7.79. The largest absolute Gasteiger partial charge is 0.549 e. The van der Waals surface area contributed by atoms with E-state index in [0.29, 0.717) is 12.8 Å². The molecule has 0 aromatic heterocycles. The molecule has 3 nitrogen and oxygen atoms in total. The number of allylic oxidation sites excluding steroid dienone is 3. The molecule has 0 bridgehead atoms. The van der Waals surface area contributed by atoms with Crippen LogP contribution in [0.3, 0.4) is 0 Å². The van der Waals surface area contributed by atoms with E-state index in [0.717, 1.165) is 12.2 Å². The highest BCUT2D eigenvalue weighted by molar-refractivity contribution is 6.74. The highest BCUT2D eigenvalue weighted by Crippen LogP contribution is 2.40. The second-order valence-corrected chi connectivity index (χ2v) is 22.1. The van der Waals surface area contributed by atoms with Gasteiger partial charge in [0.05, 0.1) is 18.4 Å². The monoisotopic (exact) mass is 486 g/mol. The number of carbonyl (C=O) groups is 1. The van der Waals surface area contributed by atoms with Gasteiger partial charge in [-0.05, 0) is 66.3 Å². The molecule has 1 aliphatic carbocycles. The van der Waals surface area contributed by atoms with Crippen molar-refractivity contribution >= 4 is 22.4 Å². The number of Topliss-reactive ketones (excluding diaryl/α,β-unsaturated/α-hetero) is 1. The molecule has 33 heavy (non-hydrogen) atoms. The van der Waals surface area contributed by atoms with Crippen molar-refractivity contribution < 1.29 is 13.6 Å². The number of carbonyl (C=O) groups excluding carboxylic acids is 1. The molecule has 0 saturated heterocycles. The Balaban J connectivity index is 2.37. The van der Waals surface area contributed by atoms with E-state index in [2.05, 4.69) is 104 Å². The standard InChI is InChI=1S/C28H46O3Si2/c1-27(2,3)32(7,8)30-17-16-23-20-26(31-33(9,10)28(4,5)6)21-25(29)19-24(23)18-22-14-12-11-13-15-22/h11-17,20,23-24H,18-19,21H2,1-10H3/b17-16+/t23-,24+/m0/s1. The van der Waals surface area contributed by atoms with Crippen molar-refractivity contribution in [2.45, 2.75) is 97.1 Å². The lowest BCUT2D eigenvalue weighted by Crippen LogP contribution is -2.40. The van der Waals surface area contributed by atoms with Gasteiger partial charge in [0, 0.05) is 12.3 Å². The van der Waals surface area contributed by atoms with Crippen LogP contribution in [0.5, 0.6) is 0 Å². The summed E-state index contributed by atoms with van der Waals surface area (Å²) in [6.45, 7) is 22.5. The summed E-state index contributed by atoms with van der Waals surface area (Å²) in [6, 6.07) is 10.5. The van der Waals surface area contributed by atoms with Gasteiger partial charge in [-0.1, -0.05) is 71.9 Å². The molecule has 0 unspecified atom stereocenters. The minimum Gasteiger partial charge on any atom is -0.549 e. The molecule has 1 aliphatic rings. The van der Waals surface area contributed by atoms with Crippen molar-refractivity contribution in [3.63, 3.8) is 0 Å². The van der Waals surface area contributed by atoms with Gasteiger partial charge in [-0.15, -0.1) is 0 Å². The van der Waals surface area contributed by atoms with Gasteiger partial charge < -0.3 is 8.85 Å². The molecule has 0 heterocycles. The van der Waals surface area contributed by atoms with E-state index in [1.54, 1.807) is 0 Å². The van der Waals surface area contributed by atoms with Gasteiger partial charge in [0.2, 0.25) is 16.6 Å². The minimum atomic E-state index is -2.03. The Morgan fingerprint density at radius 1 is 0.939 bits per heavy atom. The van der Waals surface area contributed by atoms with E-state index in [-0.39, 0.29) is 27.7 Å². The Morgan fingerprint density at radius 3 is 2.06 bits per heavy atom. The van der Waals surface area contributed by atoms with E-state index < -0.39 is 16.6 Å². The normalized spacial score (nSPS) is 21.0. The van der Waals surface area contributed by atoms with Crippen LogP contribution in [0.25, 0.3) is 0 Å². The van der Waals surface area contributed by atoms with Crippen molar-refractivity contribution in [3.05, 3.63) is 60.1 Å². The van der Waals surface area contributed by atoms with E-state index in [9.17, 15) is 4.79 Å². The fourth-order valence-corrected chi connectivity index (χ4v) is 5.34. The summed E-state index contributed by atoms with van der Waals surface area (Å²) in [6.07, 6.45) is 8.12. The van der Waals surface area contributed by atoms with Gasteiger partial charge in [-0.2, -0.15) is 0 Å². The van der Waals surface area contributed by atoms with E-state index in [1.807, 2.05) is 12.3 Å². The number of hydrogen-bond donors (Lipinski definition) is 0. The fraction of sp³-hybridized carbons (Fsp3) is 0.607. The lowest BCUT2D eigenvalue weighted by molar-refractivity contribution is -0.119. The first-order valence-electron chi connectivity index (χ1n) is 12.3. The third kappa shape index (κ3) is 7.71. The van der Waals surface area contributed by atoms with Crippen LogP contribution in [-0.2, 0) is 20.1 Å². The van der Waals surface area contributed by atoms with Crippen molar-refractivity contribution in [3.8, 4) is 0 Å². The Hall–Kier alpha value is -1.60. The zero-order valence-corrected chi connectivity index (χ0v) is 24.6. The van der Waals surface area contributed by atoms with Crippen molar-refractivity contribution in [2.75, 3.05) is 0 Å². The van der Waals surface area contributed by atoms with Gasteiger partial charge in [-0.3, -0.25) is 4.79 Å². The summed E-state index contributed by atoms with van der Waals surface area (Å²) in [5, 5.41) is 0.232. The smallest absolute Gasteiger partial charge is 0.250 e. The average Bonchev–Trinajstić information content (AvgIpc) is 2.78. The van der Waals surface area contributed by atoms with Crippen LogP contribution in [-0.4, -0.2) is 22.4 Å². The zero-order chi connectivity index (χ0) is 25.1. The molecular weight excluding hydrogens is 440 g/mol. The highest BCUT2D eigenvalue weighted by atomic mass is 28.4. The second-order valence-electron chi connectivity index (χ2n) is 12.6. The SMILES string of the molecule is CC(C)(C)[Si](C)(C)O/C=C/[C@H]1C=C(O[Si](C)(C)C(C)(C)C)CC(=O)C[C@H]1Cc1ccccc1. The summed E-state index contributed by atoms with van der Waals surface area (Å²) in [5.41, 5.74) is 1.26. The summed E-state index contributed by atoms with van der Waals surface area (Å²) in [7, 11) is -3.92. The highest BCUT2D eigenvalue weighted by Gasteiger charge is 2.41. The van der Waals surface area contributed by atoms with E-state index >= 15 is 0 Å². The molecule has 184 valence electrons. The lowest BCUT2D eigenvalue weighted by atomic mass is 9.84. The van der Waals surface area contributed by atoms with Crippen molar-refractivity contribution in [1.82, 2.24) is 0 Å². The van der Waals surface area contributed by atoms with Gasteiger partial charge >= 0.3 is 0 Å². The number of benzene rings is 1. The first kappa shape index (κ1) is 27.6. The molecular formula is C28H46O3Si2. The van der Waals surface area contributed by atoms with Gasteiger partial charge in [0.25, 0.3) is 0 Å². The third-order valence-corrected chi connectivity index (χ3v) is 16.5. The van der Waals surface area contributed by atoms with Gasteiger partial charge in [-0.25, -0.2) is 0 Å². The van der Waals surface area contributed by atoms with Crippen LogP contribution in [0.15, 0.2) is 54.5 Å². The van der Waals surface area contributed by atoms with Crippen LogP contribution >= 0.6 is 0 Å². The molecule has 0 N–H and O–H groups in total. The molecule has 2 rings (SSSR count). The van der Waals surface area contributed by atoms with Crippen LogP contribution in [0.4, 0.5) is 0 Å². The predicted molar refractivity (Wildman–Crippen MR) is 145 cm³/mol. The maximum absolute atomic E-state index is 13.0. The molecule has 0 fully saturated rings. The average molecular weight is 487 g/mol. The van der Waals surface area contributed by atoms with Crippen LogP contribution in [0.2, 0.25) is 36.3 Å². The quantitative estimate of drug-likeness (QED) is 0.287. The maximum Gasteiger partial charge on any atom is 0.250 e. The van der Waals surface area contributed by atoms with Crippen LogP contribution < -0.4 is 0 Å². The summed E-state index contributed by atoms with van der Waals surface area (Å²) in [4.78, 5) is 13.0. The van der Waals surface area contributed by atoms with Gasteiger partial charge in [0.15, 0.2) is 0 Å². The van der Waals surface area contributed by atoms with Crippen LogP contribution in [0, 0.1) is 11.8 Å². The predicted octanol–water partition coefficient (Wildman–Crippen LogP) is 8.27. The summed E-state index contributed by atoms with van der Waals surface area (Å²) < 4.78 is 13.0.